The Balaban J connectivity index is 1.84. The molecule has 0 unspecified atom stereocenters. The van der Waals surface area contributed by atoms with Gasteiger partial charge in [-0.2, -0.15) is 0 Å². The van der Waals surface area contributed by atoms with E-state index in [0.29, 0.717) is 19.6 Å². The second-order valence-electron chi connectivity index (χ2n) is 7.37. The number of hydrogen-bond acceptors (Lipinski definition) is 4. The van der Waals surface area contributed by atoms with Crippen LogP contribution in [0.3, 0.4) is 0 Å². The summed E-state index contributed by atoms with van der Waals surface area (Å²) in [4.78, 5) is 16.9. The van der Waals surface area contributed by atoms with Crippen molar-refractivity contribution >= 4 is 10.9 Å². The predicted octanol–water partition coefficient (Wildman–Crippen LogP) is 1.43. The highest BCUT2D eigenvalue weighted by Crippen LogP contribution is 2.23. The lowest BCUT2D eigenvalue weighted by Crippen LogP contribution is -2.53. The number of hydrogen-bond donors (Lipinski definition) is 1. The predicted molar refractivity (Wildman–Crippen MR) is 97.2 cm³/mol. The largest absolute Gasteiger partial charge is 0.387 e. The maximum absolute atomic E-state index is 12.7. The topological polar surface area (TPSA) is 48.7 Å². The van der Waals surface area contributed by atoms with E-state index in [2.05, 4.69) is 4.90 Å². The molecule has 1 atom stereocenters. The minimum atomic E-state index is -0.691. The fourth-order valence-electron chi connectivity index (χ4n) is 3.90. The molecule has 1 aromatic carbocycles. The molecule has 3 rings (SSSR count). The number of aromatic nitrogens is 1. The first-order valence-electron chi connectivity index (χ1n) is 8.55. The van der Waals surface area contributed by atoms with Gasteiger partial charge in [0.25, 0.3) is 5.56 Å². The molecule has 0 bridgehead atoms. The van der Waals surface area contributed by atoms with Crippen molar-refractivity contribution < 1.29 is 5.11 Å². The molecule has 2 heterocycles. The number of piperidine rings is 1. The number of fused-ring (bicyclic) bond motifs is 1. The third-order valence-corrected chi connectivity index (χ3v) is 4.85. The van der Waals surface area contributed by atoms with Gasteiger partial charge < -0.3 is 14.6 Å². The summed E-state index contributed by atoms with van der Waals surface area (Å²) in [6.45, 7) is 2.78. The Morgan fingerprint density at radius 3 is 2.79 bits per heavy atom. The van der Waals surface area contributed by atoms with E-state index in [0.717, 1.165) is 35.9 Å². The molecule has 0 spiro atoms. The van der Waals surface area contributed by atoms with Gasteiger partial charge in [0.05, 0.1) is 11.1 Å². The van der Waals surface area contributed by atoms with Gasteiger partial charge in [-0.05, 0) is 51.0 Å². The van der Waals surface area contributed by atoms with Crippen molar-refractivity contribution in [1.82, 2.24) is 14.4 Å². The van der Waals surface area contributed by atoms with Gasteiger partial charge in [0, 0.05) is 32.2 Å². The summed E-state index contributed by atoms with van der Waals surface area (Å²) in [5.74, 6) is 0. The standard InChI is InChI=1S/C19H27N3O2/c1-20(2)13-19(24)9-6-10-22(14-19)12-16-11-15-7-4-5-8-17(15)21(3)18(16)23/h4-5,7-8,11,24H,6,9-10,12-14H2,1-3H3/t19-/m1/s1. The smallest absolute Gasteiger partial charge is 0.255 e. The molecule has 1 N–H and O–H groups in total. The summed E-state index contributed by atoms with van der Waals surface area (Å²) >= 11 is 0. The van der Waals surface area contributed by atoms with Crippen molar-refractivity contribution in [3.05, 3.63) is 46.2 Å². The minimum absolute atomic E-state index is 0.0513. The van der Waals surface area contributed by atoms with Crippen LogP contribution in [0.25, 0.3) is 10.9 Å². The maximum Gasteiger partial charge on any atom is 0.255 e. The molecule has 1 aliphatic heterocycles. The van der Waals surface area contributed by atoms with E-state index in [9.17, 15) is 9.90 Å². The van der Waals surface area contributed by atoms with Crippen LogP contribution in [-0.4, -0.2) is 58.8 Å². The first-order chi connectivity index (χ1) is 11.4. The minimum Gasteiger partial charge on any atom is -0.387 e. The molecule has 0 amide bonds. The zero-order valence-electron chi connectivity index (χ0n) is 14.8. The average Bonchev–Trinajstić information content (AvgIpc) is 2.51. The Labute approximate surface area is 143 Å². The van der Waals surface area contributed by atoms with Gasteiger partial charge in [0.15, 0.2) is 0 Å². The van der Waals surface area contributed by atoms with Crippen molar-refractivity contribution in [2.45, 2.75) is 25.0 Å². The van der Waals surface area contributed by atoms with Crippen LogP contribution in [0.2, 0.25) is 0 Å². The monoisotopic (exact) mass is 329 g/mol. The van der Waals surface area contributed by atoms with Gasteiger partial charge >= 0.3 is 0 Å². The maximum atomic E-state index is 12.7. The van der Waals surface area contributed by atoms with Gasteiger partial charge in [-0.3, -0.25) is 9.69 Å². The summed E-state index contributed by atoms with van der Waals surface area (Å²) in [6.07, 6.45) is 1.77. The second kappa shape index (κ2) is 6.67. The Morgan fingerprint density at radius 1 is 1.29 bits per heavy atom. The van der Waals surface area contributed by atoms with Crippen LogP contribution in [0.4, 0.5) is 0 Å². The summed E-state index contributed by atoms with van der Waals surface area (Å²) in [5.41, 5.74) is 1.11. The number of aryl methyl sites for hydroxylation is 1. The molecule has 0 saturated carbocycles. The van der Waals surface area contributed by atoms with Gasteiger partial charge in [0.2, 0.25) is 0 Å². The lowest BCUT2D eigenvalue weighted by molar-refractivity contribution is -0.0480. The average molecular weight is 329 g/mol. The molecule has 24 heavy (non-hydrogen) atoms. The van der Waals surface area contributed by atoms with Crippen LogP contribution >= 0.6 is 0 Å². The molecule has 5 heteroatoms. The van der Waals surface area contributed by atoms with E-state index in [-0.39, 0.29) is 5.56 Å². The molecule has 1 fully saturated rings. The van der Waals surface area contributed by atoms with E-state index in [1.54, 1.807) is 4.57 Å². The first kappa shape index (κ1) is 17.1. The number of rotatable bonds is 4. The number of pyridine rings is 1. The lowest BCUT2D eigenvalue weighted by atomic mass is 9.92. The third kappa shape index (κ3) is 3.53. The second-order valence-corrected chi connectivity index (χ2v) is 7.37. The lowest BCUT2D eigenvalue weighted by Gasteiger charge is -2.40. The third-order valence-electron chi connectivity index (χ3n) is 4.85. The zero-order chi connectivity index (χ0) is 17.3. The van der Waals surface area contributed by atoms with Crippen LogP contribution in [0.1, 0.15) is 18.4 Å². The number of para-hydroxylation sites is 1. The van der Waals surface area contributed by atoms with Crippen LogP contribution in [-0.2, 0) is 13.6 Å². The van der Waals surface area contributed by atoms with Crippen LogP contribution < -0.4 is 5.56 Å². The number of likely N-dealkylation sites (tertiary alicyclic amines) is 1. The van der Waals surface area contributed by atoms with Crippen LogP contribution in [0, 0.1) is 0 Å². The zero-order valence-corrected chi connectivity index (χ0v) is 14.8. The van der Waals surface area contributed by atoms with E-state index in [4.69, 9.17) is 0 Å². The first-order valence-corrected chi connectivity index (χ1v) is 8.55. The Bertz CT molecular complexity index is 784. The summed E-state index contributed by atoms with van der Waals surface area (Å²) in [6, 6.07) is 9.95. The van der Waals surface area contributed by atoms with E-state index in [1.807, 2.05) is 56.4 Å². The number of β-amino-alcohol motifs (C(OH)–C–C–N with tert-alkyl or cyclic N) is 1. The fraction of sp³-hybridized carbons (Fsp3) is 0.526. The molecule has 0 aliphatic carbocycles. The fourth-order valence-corrected chi connectivity index (χ4v) is 3.90. The van der Waals surface area contributed by atoms with E-state index < -0.39 is 5.60 Å². The molecule has 0 radical (unpaired) electrons. The molecule has 2 aromatic rings. The Hall–Kier alpha value is -1.69. The summed E-state index contributed by atoms with van der Waals surface area (Å²) in [5, 5.41) is 11.9. The van der Waals surface area contributed by atoms with Gasteiger partial charge in [0.1, 0.15) is 0 Å². The Kier molecular flexibility index (Phi) is 4.76. The van der Waals surface area contributed by atoms with Gasteiger partial charge in [-0.15, -0.1) is 0 Å². The van der Waals surface area contributed by atoms with Crippen LogP contribution in [0.5, 0.6) is 0 Å². The highest BCUT2D eigenvalue weighted by Gasteiger charge is 2.33. The van der Waals surface area contributed by atoms with Crippen LogP contribution in [0.15, 0.2) is 35.1 Å². The van der Waals surface area contributed by atoms with Gasteiger partial charge in [-0.1, -0.05) is 18.2 Å². The summed E-state index contributed by atoms with van der Waals surface area (Å²) < 4.78 is 1.72. The molecular weight excluding hydrogens is 302 g/mol. The number of benzene rings is 1. The van der Waals surface area contributed by atoms with Gasteiger partial charge in [-0.25, -0.2) is 0 Å². The molecular formula is C19H27N3O2. The number of aliphatic hydroxyl groups is 1. The SMILES string of the molecule is CN(C)C[C@]1(O)CCCN(Cc2cc3ccccc3n(C)c2=O)C1. The molecule has 130 valence electrons. The molecule has 5 nitrogen and oxygen atoms in total. The highest BCUT2D eigenvalue weighted by molar-refractivity contribution is 5.79. The van der Waals surface area contributed by atoms with Crippen molar-refractivity contribution in [1.29, 1.82) is 0 Å². The molecule has 1 aliphatic rings. The van der Waals surface area contributed by atoms with Crippen molar-refractivity contribution in [3.8, 4) is 0 Å². The van der Waals surface area contributed by atoms with Crippen molar-refractivity contribution in [2.75, 3.05) is 33.7 Å². The summed E-state index contributed by atoms with van der Waals surface area (Å²) in [7, 11) is 5.79. The normalized spacial score (nSPS) is 22.4. The molecule has 1 saturated heterocycles. The quantitative estimate of drug-likeness (QED) is 0.922. The Morgan fingerprint density at radius 2 is 2.04 bits per heavy atom. The number of nitrogens with zero attached hydrogens (tertiary/aromatic N) is 3. The van der Waals surface area contributed by atoms with E-state index >= 15 is 0 Å². The van der Waals surface area contributed by atoms with Crippen molar-refractivity contribution in [2.24, 2.45) is 7.05 Å². The highest BCUT2D eigenvalue weighted by atomic mass is 16.3. The number of likely N-dealkylation sites (N-methyl/N-ethyl adjacent to an activating group) is 1. The van der Waals surface area contributed by atoms with Crippen molar-refractivity contribution in [3.63, 3.8) is 0 Å². The molecule has 1 aromatic heterocycles. The van der Waals surface area contributed by atoms with E-state index in [1.165, 1.54) is 0 Å².